The molecule has 0 spiro atoms. The summed E-state index contributed by atoms with van der Waals surface area (Å²) in [5.74, 6) is 0.788. The topological polar surface area (TPSA) is 59.2 Å². The van der Waals surface area contributed by atoms with Crippen molar-refractivity contribution in [2.24, 2.45) is 17.6 Å². The summed E-state index contributed by atoms with van der Waals surface area (Å²) in [7, 11) is 0. The lowest BCUT2D eigenvalue weighted by molar-refractivity contribution is 0.0714. The minimum Gasteiger partial charge on any atom is -0.332 e. The number of hydrogen-bond acceptors (Lipinski definition) is 4. The lowest BCUT2D eigenvalue weighted by atomic mass is 9.94. The predicted octanol–water partition coefficient (Wildman–Crippen LogP) is 3.46. The van der Waals surface area contributed by atoms with Crippen LogP contribution in [0, 0.1) is 24.6 Å². The molecular weight excluding hydrogens is 337 g/mol. The summed E-state index contributed by atoms with van der Waals surface area (Å²) in [4.78, 5) is 20.5. The summed E-state index contributed by atoms with van der Waals surface area (Å²) >= 11 is 1.48. The summed E-state index contributed by atoms with van der Waals surface area (Å²) in [6.07, 6.45) is 3.59. The lowest BCUT2D eigenvalue weighted by Gasteiger charge is -2.26. The number of fused-ring (bicyclic) bond motifs is 1. The quantitative estimate of drug-likeness (QED) is 0.913. The molecule has 3 atom stereocenters. The van der Waals surface area contributed by atoms with Gasteiger partial charge in [-0.1, -0.05) is 18.6 Å². The Labute approximate surface area is 150 Å². The number of nitrogens with zero attached hydrogens (tertiary/aromatic N) is 2. The number of amides is 1. The van der Waals surface area contributed by atoms with Crippen molar-refractivity contribution in [2.45, 2.75) is 32.2 Å². The Morgan fingerprint density at radius 2 is 2.12 bits per heavy atom. The van der Waals surface area contributed by atoms with Crippen LogP contribution < -0.4 is 5.73 Å². The van der Waals surface area contributed by atoms with Crippen LogP contribution in [0.4, 0.5) is 4.39 Å². The van der Waals surface area contributed by atoms with E-state index in [1.165, 1.54) is 36.3 Å². The predicted molar refractivity (Wildman–Crippen MR) is 97.0 cm³/mol. The third-order valence-electron chi connectivity index (χ3n) is 5.59. The van der Waals surface area contributed by atoms with E-state index < -0.39 is 0 Å². The summed E-state index contributed by atoms with van der Waals surface area (Å²) in [5.41, 5.74) is 7.33. The van der Waals surface area contributed by atoms with E-state index in [4.69, 9.17) is 5.73 Å². The van der Waals surface area contributed by atoms with Crippen LogP contribution in [0.2, 0.25) is 0 Å². The van der Waals surface area contributed by atoms with E-state index in [0.717, 1.165) is 28.4 Å². The van der Waals surface area contributed by atoms with Gasteiger partial charge in [0.05, 0.1) is 9.88 Å². The third-order valence-corrected chi connectivity index (χ3v) is 6.61. The van der Waals surface area contributed by atoms with Gasteiger partial charge in [-0.05, 0) is 49.3 Å². The van der Waals surface area contributed by atoms with Gasteiger partial charge in [0.25, 0.3) is 5.91 Å². The third kappa shape index (κ3) is 2.87. The van der Waals surface area contributed by atoms with E-state index in [9.17, 15) is 9.18 Å². The Bertz CT molecular complexity index is 788. The Morgan fingerprint density at radius 1 is 1.36 bits per heavy atom. The van der Waals surface area contributed by atoms with Gasteiger partial charge in [-0.25, -0.2) is 9.37 Å². The van der Waals surface area contributed by atoms with Gasteiger partial charge in [0, 0.05) is 19.1 Å². The summed E-state index contributed by atoms with van der Waals surface area (Å²) in [5, 5.41) is 0.839. The molecule has 25 heavy (non-hydrogen) atoms. The molecular formula is C19H22FN3OS. The number of likely N-dealkylation sites (tertiary alicyclic amines) is 1. The molecule has 132 valence electrons. The van der Waals surface area contributed by atoms with Gasteiger partial charge < -0.3 is 10.6 Å². The zero-order valence-electron chi connectivity index (χ0n) is 14.2. The molecule has 2 fully saturated rings. The molecule has 1 aliphatic carbocycles. The Balaban J connectivity index is 1.68. The van der Waals surface area contributed by atoms with Gasteiger partial charge in [0.15, 0.2) is 0 Å². The zero-order valence-corrected chi connectivity index (χ0v) is 15.1. The van der Waals surface area contributed by atoms with E-state index in [1.807, 2.05) is 11.8 Å². The van der Waals surface area contributed by atoms with Gasteiger partial charge in [-0.15, -0.1) is 11.3 Å². The van der Waals surface area contributed by atoms with Gasteiger partial charge in [-0.2, -0.15) is 0 Å². The highest BCUT2D eigenvalue weighted by molar-refractivity contribution is 7.15. The fraction of sp³-hybridized carbons (Fsp3) is 0.474. The molecule has 1 amide bonds. The molecule has 2 N–H and O–H groups in total. The van der Waals surface area contributed by atoms with Crippen molar-refractivity contribution in [3.8, 4) is 10.4 Å². The van der Waals surface area contributed by atoms with E-state index in [1.54, 1.807) is 12.1 Å². The maximum absolute atomic E-state index is 13.3. The Hall–Kier alpha value is -1.79. The minimum atomic E-state index is -0.284. The van der Waals surface area contributed by atoms with Crippen LogP contribution >= 0.6 is 11.3 Å². The van der Waals surface area contributed by atoms with Crippen molar-refractivity contribution in [2.75, 3.05) is 13.1 Å². The number of aromatic nitrogens is 1. The normalized spacial score (nSPS) is 25.4. The van der Waals surface area contributed by atoms with Gasteiger partial charge in [0.1, 0.15) is 11.5 Å². The lowest BCUT2D eigenvalue weighted by Crippen LogP contribution is -2.43. The molecule has 2 aromatic rings. The maximum Gasteiger partial charge on any atom is 0.274 e. The number of carbonyl (C=O) groups is 1. The highest BCUT2D eigenvalue weighted by Crippen LogP contribution is 2.43. The average Bonchev–Trinajstić information content (AvgIpc) is 3.28. The fourth-order valence-electron chi connectivity index (χ4n) is 4.46. The fourth-order valence-corrected chi connectivity index (χ4v) is 5.37. The monoisotopic (exact) mass is 359 g/mol. The van der Waals surface area contributed by atoms with Crippen molar-refractivity contribution in [1.82, 2.24) is 9.88 Å². The second-order valence-corrected chi connectivity index (χ2v) is 8.24. The SMILES string of the molecule is Cc1nc(C(=O)N2C[C@@H]3CCC[C@@H]3[C@H]2CN)c(-c2ccc(F)cc2)s1. The van der Waals surface area contributed by atoms with Gasteiger partial charge in [0.2, 0.25) is 0 Å². The van der Waals surface area contributed by atoms with Crippen LogP contribution in [0.1, 0.15) is 34.8 Å². The minimum absolute atomic E-state index is 0.0338. The molecule has 0 bridgehead atoms. The number of carbonyl (C=O) groups excluding carboxylic acids is 1. The molecule has 4 rings (SSSR count). The van der Waals surface area contributed by atoms with E-state index in [-0.39, 0.29) is 17.8 Å². The number of aryl methyl sites for hydroxylation is 1. The zero-order chi connectivity index (χ0) is 17.6. The number of halogens is 1. The summed E-state index contributed by atoms with van der Waals surface area (Å²) in [6.45, 7) is 3.18. The first-order chi connectivity index (χ1) is 12.1. The van der Waals surface area contributed by atoms with Crippen LogP contribution in [0.5, 0.6) is 0 Å². The number of thiazole rings is 1. The van der Waals surface area contributed by atoms with Crippen molar-refractivity contribution < 1.29 is 9.18 Å². The maximum atomic E-state index is 13.3. The second-order valence-electron chi connectivity index (χ2n) is 7.03. The molecule has 2 aliphatic rings. The van der Waals surface area contributed by atoms with Crippen molar-refractivity contribution in [3.05, 3.63) is 40.8 Å². The first-order valence-corrected chi connectivity index (χ1v) is 9.64. The molecule has 0 radical (unpaired) electrons. The first-order valence-electron chi connectivity index (χ1n) is 8.83. The van der Waals surface area contributed by atoms with E-state index in [0.29, 0.717) is 24.1 Å². The highest BCUT2D eigenvalue weighted by atomic mass is 32.1. The molecule has 1 aliphatic heterocycles. The molecule has 6 heteroatoms. The van der Waals surface area contributed by atoms with Crippen LogP contribution in [-0.2, 0) is 0 Å². The standard InChI is InChI=1S/C19H22FN3OS/c1-11-22-17(18(25-11)12-5-7-14(20)8-6-12)19(24)23-10-13-3-2-4-15(13)16(23)9-21/h5-8,13,15-16H,2-4,9-10,21H2,1H3/t13-,15-,16+/m0/s1. The van der Waals surface area contributed by atoms with E-state index in [2.05, 4.69) is 4.98 Å². The second kappa shape index (κ2) is 6.50. The summed E-state index contributed by atoms with van der Waals surface area (Å²) in [6, 6.07) is 6.36. The van der Waals surface area contributed by atoms with Crippen molar-refractivity contribution in [3.63, 3.8) is 0 Å². The number of rotatable bonds is 3. The summed E-state index contributed by atoms with van der Waals surface area (Å²) < 4.78 is 13.2. The van der Waals surface area contributed by atoms with Crippen LogP contribution in [-0.4, -0.2) is 34.9 Å². The molecule has 2 heterocycles. The molecule has 0 unspecified atom stereocenters. The number of hydrogen-bond donors (Lipinski definition) is 1. The molecule has 1 saturated carbocycles. The van der Waals surface area contributed by atoms with E-state index >= 15 is 0 Å². The van der Waals surface area contributed by atoms with Crippen LogP contribution in [0.15, 0.2) is 24.3 Å². The van der Waals surface area contributed by atoms with Crippen molar-refractivity contribution >= 4 is 17.2 Å². The number of nitrogens with two attached hydrogens (primary N) is 1. The molecule has 1 saturated heterocycles. The van der Waals surface area contributed by atoms with Gasteiger partial charge in [-0.3, -0.25) is 4.79 Å². The van der Waals surface area contributed by atoms with Crippen LogP contribution in [0.3, 0.4) is 0 Å². The first kappa shape index (κ1) is 16.7. The van der Waals surface area contributed by atoms with Gasteiger partial charge >= 0.3 is 0 Å². The largest absolute Gasteiger partial charge is 0.332 e. The molecule has 4 nitrogen and oxygen atoms in total. The molecule has 1 aromatic heterocycles. The molecule has 1 aromatic carbocycles. The van der Waals surface area contributed by atoms with Crippen molar-refractivity contribution in [1.29, 1.82) is 0 Å². The number of benzene rings is 1. The Kier molecular flexibility index (Phi) is 4.33. The highest BCUT2D eigenvalue weighted by Gasteiger charge is 2.46. The average molecular weight is 359 g/mol. The van der Waals surface area contributed by atoms with Crippen LogP contribution in [0.25, 0.3) is 10.4 Å². The smallest absolute Gasteiger partial charge is 0.274 e. The Morgan fingerprint density at radius 3 is 2.84 bits per heavy atom.